The van der Waals surface area contributed by atoms with Crippen LogP contribution in [0.15, 0.2) is 0 Å². The molecule has 7 nitrogen and oxygen atoms in total. The van der Waals surface area contributed by atoms with Gasteiger partial charge in [0.1, 0.15) is 10.7 Å². The van der Waals surface area contributed by atoms with Gasteiger partial charge in [-0.3, -0.25) is 9.59 Å². The van der Waals surface area contributed by atoms with Crippen molar-refractivity contribution in [1.29, 1.82) is 0 Å². The molecule has 1 heterocycles. The van der Waals surface area contributed by atoms with E-state index in [0.29, 0.717) is 16.1 Å². The lowest BCUT2D eigenvalue weighted by molar-refractivity contribution is -0.119. The summed E-state index contributed by atoms with van der Waals surface area (Å²) >= 11 is 1.21. The molecule has 0 bridgehead atoms. The lowest BCUT2D eigenvalue weighted by Crippen LogP contribution is -2.35. The minimum absolute atomic E-state index is 0.0714. The normalized spacial score (nSPS) is 14.6. The van der Waals surface area contributed by atoms with Crippen LogP contribution in [0.4, 0.5) is 10.9 Å². The zero-order valence-corrected chi connectivity index (χ0v) is 11.5. The topological polar surface area (TPSA) is 109 Å². The van der Waals surface area contributed by atoms with E-state index in [1.165, 1.54) is 24.8 Å². The molecule has 2 rings (SSSR count). The van der Waals surface area contributed by atoms with Crippen LogP contribution in [0, 0.1) is 0 Å². The van der Waals surface area contributed by atoms with E-state index < -0.39 is 0 Å². The van der Waals surface area contributed by atoms with E-state index in [1.807, 2.05) is 0 Å². The molecule has 0 saturated heterocycles. The average molecular weight is 283 g/mol. The molecule has 0 spiro atoms. The third kappa shape index (κ3) is 3.34. The van der Waals surface area contributed by atoms with Crippen molar-refractivity contribution in [3.63, 3.8) is 0 Å². The van der Waals surface area contributed by atoms with Crippen LogP contribution in [-0.2, 0) is 4.79 Å². The number of rotatable bonds is 5. The van der Waals surface area contributed by atoms with Crippen molar-refractivity contribution in [3.8, 4) is 0 Å². The standard InChI is InChI=1S/C11H17N5O2S/c1-13-7(17)5-14-10(18)8-9(12)16-11(19-8)15-6-3-2-4-6/h6H,2-5,12H2,1H3,(H,13,17)(H,14,18)(H,15,16). The minimum atomic E-state index is -0.375. The molecule has 0 atom stereocenters. The highest BCUT2D eigenvalue weighted by atomic mass is 32.1. The van der Waals surface area contributed by atoms with Gasteiger partial charge >= 0.3 is 0 Å². The summed E-state index contributed by atoms with van der Waals surface area (Å²) in [5, 5.41) is 8.82. The van der Waals surface area contributed by atoms with Crippen LogP contribution in [0.25, 0.3) is 0 Å². The highest BCUT2D eigenvalue weighted by molar-refractivity contribution is 7.18. The second-order valence-electron chi connectivity index (χ2n) is 4.36. The molecule has 0 aromatic carbocycles. The van der Waals surface area contributed by atoms with Crippen LogP contribution in [0.2, 0.25) is 0 Å². The first-order valence-electron chi connectivity index (χ1n) is 6.11. The molecule has 5 N–H and O–H groups in total. The third-order valence-corrected chi connectivity index (χ3v) is 3.98. The van der Waals surface area contributed by atoms with Gasteiger partial charge in [0.05, 0.1) is 6.54 Å². The van der Waals surface area contributed by atoms with Crippen LogP contribution < -0.4 is 21.7 Å². The Bertz CT molecular complexity index is 483. The zero-order chi connectivity index (χ0) is 13.8. The first-order valence-corrected chi connectivity index (χ1v) is 6.93. The average Bonchev–Trinajstić information content (AvgIpc) is 2.71. The number of carbonyl (C=O) groups is 2. The smallest absolute Gasteiger partial charge is 0.265 e. The fourth-order valence-corrected chi connectivity index (χ4v) is 2.49. The monoisotopic (exact) mass is 283 g/mol. The van der Waals surface area contributed by atoms with Gasteiger partial charge in [-0.2, -0.15) is 0 Å². The van der Waals surface area contributed by atoms with Crippen LogP contribution in [0.1, 0.15) is 28.9 Å². The Morgan fingerprint density at radius 3 is 2.79 bits per heavy atom. The van der Waals surface area contributed by atoms with Gasteiger partial charge in [0.2, 0.25) is 5.91 Å². The summed E-state index contributed by atoms with van der Waals surface area (Å²) in [4.78, 5) is 27.4. The van der Waals surface area contributed by atoms with Crippen LogP contribution in [0.5, 0.6) is 0 Å². The number of nitrogens with zero attached hydrogens (tertiary/aromatic N) is 1. The number of hydrogen-bond acceptors (Lipinski definition) is 6. The Morgan fingerprint density at radius 2 is 2.21 bits per heavy atom. The number of amides is 2. The summed E-state index contributed by atoms with van der Waals surface area (Å²) in [5.41, 5.74) is 5.71. The van der Waals surface area contributed by atoms with Crippen molar-refractivity contribution in [2.75, 3.05) is 24.6 Å². The predicted molar refractivity (Wildman–Crippen MR) is 74.2 cm³/mol. The second-order valence-corrected chi connectivity index (χ2v) is 5.36. The summed E-state index contributed by atoms with van der Waals surface area (Å²) in [6.07, 6.45) is 3.47. The maximum atomic E-state index is 11.8. The summed E-state index contributed by atoms with van der Waals surface area (Å²) in [6.45, 7) is -0.0714. The summed E-state index contributed by atoms with van der Waals surface area (Å²) in [5.74, 6) is -0.439. The van der Waals surface area contributed by atoms with Crippen molar-refractivity contribution in [3.05, 3.63) is 4.88 Å². The van der Waals surface area contributed by atoms with Crippen LogP contribution in [0.3, 0.4) is 0 Å². The number of hydrogen-bond donors (Lipinski definition) is 4. The van der Waals surface area contributed by atoms with Gasteiger partial charge < -0.3 is 21.7 Å². The highest BCUT2D eigenvalue weighted by Crippen LogP contribution is 2.29. The first kappa shape index (κ1) is 13.6. The quantitative estimate of drug-likeness (QED) is 0.615. The molecule has 0 aliphatic heterocycles. The molecule has 1 saturated carbocycles. The molecule has 1 fully saturated rings. The Hall–Kier alpha value is -1.83. The van der Waals surface area contributed by atoms with Gasteiger partial charge in [0.25, 0.3) is 5.91 Å². The Balaban J connectivity index is 1.94. The van der Waals surface area contributed by atoms with Crippen molar-refractivity contribution in [2.24, 2.45) is 0 Å². The van der Waals surface area contributed by atoms with Gasteiger partial charge in [-0.25, -0.2) is 4.98 Å². The zero-order valence-electron chi connectivity index (χ0n) is 10.7. The largest absolute Gasteiger partial charge is 0.382 e. The molecule has 1 aromatic rings. The highest BCUT2D eigenvalue weighted by Gasteiger charge is 2.21. The molecule has 1 aliphatic rings. The molecular formula is C11H17N5O2S. The number of nitrogens with one attached hydrogen (secondary N) is 3. The van der Waals surface area contributed by atoms with Crippen molar-refractivity contribution in [2.45, 2.75) is 25.3 Å². The fourth-order valence-electron chi connectivity index (χ4n) is 1.61. The molecule has 1 aliphatic carbocycles. The molecule has 19 heavy (non-hydrogen) atoms. The van der Waals surface area contributed by atoms with Gasteiger partial charge in [-0.1, -0.05) is 11.3 Å². The summed E-state index contributed by atoms with van der Waals surface area (Å²) in [6, 6.07) is 0.437. The number of nitrogens with two attached hydrogens (primary N) is 1. The van der Waals surface area contributed by atoms with Gasteiger partial charge in [-0.15, -0.1) is 0 Å². The van der Waals surface area contributed by atoms with E-state index in [0.717, 1.165) is 12.8 Å². The van der Waals surface area contributed by atoms with Crippen molar-refractivity contribution >= 4 is 34.1 Å². The van der Waals surface area contributed by atoms with E-state index in [1.54, 1.807) is 0 Å². The lowest BCUT2D eigenvalue weighted by atomic mass is 9.93. The first-order chi connectivity index (χ1) is 9.10. The maximum absolute atomic E-state index is 11.8. The van der Waals surface area contributed by atoms with E-state index in [9.17, 15) is 9.59 Å². The molecule has 1 aromatic heterocycles. The SMILES string of the molecule is CNC(=O)CNC(=O)c1sc(NC2CCC2)nc1N. The van der Waals surface area contributed by atoms with E-state index in [2.05, 4.69) is 20.9 Å². The number of thiazole rings is 1. The molecule has 8 heteroatoms. The minimum Gasteiger partial charge on any atom is -0.382 e. The van der Waals surface area contributed by atoms with Gasteiger partial charge in [0, 0.05) is 13.1 Å². The van der Waals surface area contributed by atoms with E-state index in [4.69, 9.17) is 5.73 Å². The Morgan fingerprint density at radius 1 is 1.47 bits per heavy atom. The molecule has 104 valence electrons. The van der Waals surface area contributed by atoms with Gasteiger partial charge in [0.15, 0.2) is 5.13 Å². The maximum Gasteiger partial charge on any atom is 0.265 e. The Kier molecular flexibility index (Phi) is 4.20. The van der Waals surface area contributed by atoms with Crippen LogP contribution >= 0.6 is 11.3 Å². The van der Waals surface area contributed by atoms with Crippen molar-refractivity contribution in [1.82, 2.24) is 15.6 Å². The number of aromatic nitrogens is 1. The second kappa shape index (κ2) is 5.87. The van der Waals surface area contributed by atoms with E-state index in [-0.39, 0.29) is 24.2 Å². The number of carbonyl (C=O) groups excluding carboxylic acids is 2. The summed E-state index contributed by atoms with van der Waals surface area (Å²) in [7, 11) is 1.51. The predicted octanol–water partition coefficient (Wildman–Crippen LogP) is 0.165. The number of nitrogen functional groups attached to an aromatic ring is 1. The van der Waals surface area contributed by atoms with Crippen LogP contribution in [-0.4, -0.2) is 36.4 Å². The third-order valence-electron chi connectivity index (χ3n) is 2.98. The number of likely N-dealkylation sites (N-methyl/N-ethyl adjacent to an activating group) is 1. The van der Waals surface area contributed by atoms with E-state index >= 15 is 0 Å². The number of anilines is 2. The summed E-state index contributed by atoms with van der Waals surface area (Å²) < 4.78 is 0. The molecule has 0 unspecified atom stereocenters. The fraction of sp³-hybridized carbons (Fsp3) is 0.545. The molecule has 0 radical (unpaired) electrons. The lowest BCUT2D eigenvalue weighted by Gasteiger charge is -2.25. The molecule has 2 amide bonds. The van der Waals surface area contributed by atoms with Crippen molar-refractivity contribution < 1.29 is 9.59 Å². The van der Waals surface area contributed by atoms with Gasteiger partial charge in [-0.05, 0) is 19.3 Å². The molecular weight excluding hydrogens is 266 g/mol. The Labute approximate surface area is 115 Å².